The van der Waals surface area contributed by atoms with E-state index in [1.54, 1.807) is 27.7 Å². The van der Waals surface area contributed by atoms with Gasteiger partial charge in [-0.1, -0.05) is 48.5 Å². The van der Waals surface area contributed by atoms with Crippen LogP contribution in [-0.4, -0.2) is 16.0 Å². The van der Waals surface area contributed by atoms with E-state index in [1.165, 1.54) is 0 Å². The average Bonchev–Trinajstić information content (AvgIpc) is 2.59. The summed E-state index contributed by atoms with van der Waals surface area (Å²) in [5.74, 6) is 0.118. The lowest BCUT2D eigenvalue weighted by atomic mass is 9.67. The van der Waals surface area contributed by atoms with Crippen molar-refractivity contribution in [2.45, 2.75) is 77.4 Å². The van der Waals surface area contributed by atoms with Gasteiger partial charge in [0.25, 0.3) is 0 Å². The van der Waals surface area contributed by atoms with E-state index in [1.807, 2.05) is 76.2 Å². The molecule has 152 valence electrons. The standard InChI is InChI=1S/C25H34O3/c1-22(2,17-9-13-19(14-10-17)24(5,6)27)21(26)23(3,4)18-11-15-20(16-12-18)25(7,8)28/h9-16,27-28H,1-8H3. The summed E-state index contributed by atoms with van der Waals surface area (Å²) in [5, 5.41) is 20.3. The molecule has 0 saturated heterocycles. The smallest absolute Gasteiger partial charge is 0.152 e. The number of benzene rings is 2. The molecule has 0 heterocycles. The summed E-state index contributed by atoms with van der Waals surface area (Å²) in [4.78, 5) is 13.6. The third-order valence-electron chi connectivity index (χ3n) is 5.76. The number of rotatable bonds is 6. The summed E-state index contributed by atoms with van der Waals surface area (Å²) in [6, 6.07) is 15.3. The van der Waals surface area contributed by atoms with E-state index in [9.17, 15) is 15.0 Å². The van der Waals surface area contributed by atoms with Crippen LogP contribution in [0.15, 0.2) is 48.5 Å². The molecule has 0 saturated carbocycles. The van der Waals surface area contributed by atoms with Crippen molar-refractivity contribution in [3.8, 4) is 0 Å². The molecule has 0 radical (unpaired) electrons. The molecular weight excluding hydrogens is 348 g/mol. The van der Waals surface area contributed by atoms with Crippen molar-refractivity contribution >= 4 is 5.78 Å². The van der Waals surface area contributed by atoms with Gasteiger partial charge in [0.1, 0.15) is 0 Å². The van der Waals surface area contributed by atoms with Crippen LogP contribution in [0.25, 0.3) is 0 Å². The number of carbonyl (C=O) groups excluding carboxylic acids is 1. The fourth-order valence-electron chi connectivity index (χ4n) is 3.63. The number of hydrogen-bond donors (Lipinski definition) is 2. The molecule has 2 aromatic rings. The minimum atomic E-state index is -0.909. The van der Waals surface area contributed by atoms with E-state index in [-0.39, 0.29) is 5.78 Å². The lowest BCUT2D eigenvalue weighted by Crippen LogP contribution is -2.42. The van der Waals surface area contributed by atoms with Crippen molar-refractivity contribution in [2.24, 2.45) is 0 Å². The van der Waals surface area contributed by atoms with Crippen LogP contribution in [0.1, 0.15) is 77.6 Å². The lowest BCUT2D eigenvalue weighted by Gasteiger charge is -2.35. The first-order chi connectivity index (χ1) is 12.6. The normalized spacial score (nSPS) is 13.5. The summed E-state index contributed by atoms with van der Waals surface area (Å²) < 4.78 is 0. The minimum Gasteiger partial charge on any atom is -0.386 e. The van der Waals surface area contributed by atoms with Crippen molar-refractivity contribution in [1.82, 2.24) is 0 Å². The van der Waals surface area contributed by atoms with E-state index in [0.717, 1.165) is 22.3 Å². The third-order valence-corrected chi connectivity index (χ3v) is 5.76. The van der Waals surface area contributed by atoms with Crippen LogP contribution < -0.4 is 0 Å². The molecule has 3 heteroatoms. The molecule has 0 aliphatic heterocycles. The number of Topliss-reactive ketones (excluding diaryl/α,β-unsaturated/α-hetero) is 1. The summed E-state index contributed by atoms with van der Waals surface area (Å²) >= 11 is 0. The molecule has 0 spiro atoms. The highest BCUT2D eigenvalue weighted by atomic mass is 16.3. The second-order valence-electron chi connectivity index (χ2n) is 9.85. The quantitative estimate of drug-likeness (QED) is 0.742. The average molecular weight is 383 g/mol. The first-order valence-corrected chi connectivity index (χ1v) is 9.79. The fourth-order valence-corrected chi connectivity index (χ4v) is 3.63. The topological polar surface area (TPSA) is 57.5 Å². The molecule has 0 aliphatic carbocycles. The molecule has 3 nitrogen and oxygen atoms in total. The van der Waals surface area contributed by atoms with Gasteiger partial charge in [-0.15, -0.1) is 0 Å². The van der Waals surface area contributed by atoms with Gasteiger partial charge in [-0.3, -0.25) is 4.79 Å². The van der Waals surface area contributed by atoms with Gasteiger partial charge in [0.15, 0.2) is 5.78 Å². The Labute approximate surface area is 169 Å². The van der Waals surface area contributed by atoms with Gasteiger partial charge >= 0.3 is 0 Å². The van der Waals surface area contributed by atoms with E-state index in [2.05, 4.69) is 0 Å². The van der Waals surface area contributed by atoms with Gasteiger partial charge < -0.3 is 10.2 Å². The van der Waals surface area contributed by atoms with Gasteiger partial charge in [0.2, 0.25) is 0 Å². The highest BCUT2D eigenvalue weighted by Gasteiger charge is 2.41. The number of aliphatic hydroxyl groups is 2. The van der Waals surface area contributed by atoms with Gasteiger partial charge in [-0.05, 0) is 77.6 Å². The van der Waals surface area contributed by atoms with Crippen LogP contribution in [0.2, 0.25) is 0 Å². The zero-order valence-corrected chi connectivity index (χ0v) is 18.4. The van der Waals surface area contributed by atoms with Gasteiger partial charge in [0, 0.05) is 10.8 Å². The fraction of sp³-hybridized carbons (Fsp3) is 0.480. The minimum absolute atomic E-state index is 0.118. The van der Waals surface area contributed by atoms with Gasteiger partial charge in [-0.2, -0.15) is 0 Å². The Bertz CT molecular complexity index is 756. The van der Waals surface area contributed by atoms with E-state index in [4.69, 9.17) is 0 Å². The highest BCUT2D eigenvalue weighted by molar-refractivity contribution is 5.97. The van der Waals surface area contributed by atoms with E-state index < -0.39 is 22.0 Å². The van der Waals surface area contributed by atoms with Crippen LogP contribution in [0, 0.1) is 0 Å². The zero-order chi connectivity index (χ0) is 21.5. The Morgan fingerprint density at radius 1 is 0.536 bits per heavy atom. The molecule has 0 unspecified atom stereocenters. The van der Waals surface area contributed by atoms with Crippen molar-refractivity contribution in [3.63, 3.8) is 0 Å². The van der Waals surface area contributed by atoms with Crippen molar-refractivity contribution in [3.05, 3.63) is 70.8 Å². The molecule has 2 N–H and O–H groups in total. The first-order valence-electron chi connectivity index (χ1n) is 9.79. The summed E-state index contributed by atoms with van der Waals surface area (Å²) in [6.45, 7) is 14.8. The maximum Gasteiger partial charge on any atom is 0.152 e. The largest absolute Gasteiger partial charge is 0.386 e. The molecule has 28 heavy (non-hydrogen) atoms. The second-order valence-corrected chi connectivity index (χ2v) is 9.85. The molecule has 2 aromatic carbocycles. The Kier molecular flexibility index (Phi) is 5.68. The summed E-state index contributed by atoms with van der Waals surface area (Å²) in [7, 11) is 0. The second kappa shape index (κ2) is 7.13. The highest BCUT2D eigenvalue weighted by Crippen LogP contribution is 2.37. The van der Waals surface area contributed by atoms with Crippen LogP contribution in [-0.2, 0) is 26.8 Å². The SMILES string of the molecule is CC(C)(O)c1ccc(C(C)(C)C(=O)C(C)(C)c2ccc(C(C)(C)O)cc2)cc1. The van der Waals surface area contributed by atoms with Crippen molar-refractivity contribution in [2.75, 3.05) is 0 Å². The van der Waals surface area contributed by atoms with Gasteiger partial charge in [0.05, 0.1) is 11.2 Å². The van der Waals surface area contributed by atoms with E-state index in [0.29, 0.717) is 0 Å². The van der Waals surface area contributed by atoms with Crippen LogP contribution >= 0.6 is 0 Å². The molecule has 0 atom stereocenters. The maximum absolute atomic E-state index is 13.6. The molecule has 0 fully saturated rings. The number of carbonyl (C=O) groups is 1. The number of hydrogen-bond acceptors (Lipinski definition) is 3. The Hall–Kier alpha value is -1.97. The van der Waals surface area contributed by atoms with Crippen molar-refractivity contribution < 1.29 is 15.0 Å². The van der Waals surface area contributed by atoms with Crippen molar-refractivity contribution in [1.29, 1.82) is 0 Å². The maximum atomic E-state index is 13.6. The Morgan fingerprint density at radius 3 is 0.964 bits per heavy atom. The van der Waals surface area contributed by atoms with Crippen LogP contribution in [0.5, 0.6) is 0 Å². The van der Waals surface area contributed by atoms with E-state index >= 15 is 0 Å². The summed E-state index contributed by atoms with van der Waals surface area (Å²) in [5.41, 5.74) is 0.301. The summed E-state index contributed by atoms with van der Waals surface area (Å²) in [6.07, 6.45) is 0. The third kappa shape index (κ3) is 4.37. The molecular formula is C25H34O3. The molecule has 0 bridgehead atoms. The Balaban J connectivity index is 2.36. The Morgan fingerprint density at radius 2 is 0.750 bits per heavy atom. The first kappa shape index (κ1) is 22.3. The lowest BCUT2D eigenvalue weighted by molar-refractivity contribution is -0.128. The number of ketones is 1. The predicted molar refractivity (Wildman–Crippen MR) is 114 cm³/mol. The molecule has 0 amide bonds. The predicted octanol–water partition coefficient (Wildman–Crippen LogP) is 4.97. The molecule has 0 aromatic heterocycles. The van der Waals surface area contributed by atoms with Crippen LogP contribution in [0.4, 0.5) is 0 Å². The van der Waals surface area contributed by atoms with Gasteiger partial charge in [-0.25, -0.2) is 0 Å². The molecule has 0 aliphatic rings. The van der Waals surface area contributed by atoms with Crippen LogP contribution in [0.3, 0.4) is 0 Å². The monoisotopic (exact) mass is 382 g/mol. The molecule has 2 rings (SSSR count). The zero-order valence-electron chi connectivity index (χ0n) is 18.4.